The lowest BCUT2D eigenvalue weighted by atomic mass is 10.0. The summed E-state index contributed by atoms with van der Waals surface area (Å²) in [4.78, 5) is 0. The molecule has 0 aliphatic carbocycles. The Morgan fingerprint density at radius 3 is 2.65 bits per heavy atom. The minimum Gasteiger partial charge on any atom is -0.497 e. The van der Waals surface area contributed by atoms with Gasteiger partial charge in [-0.05, 0) is 18.2 Å². The van der Waals surface area contributed by atoms with Crippen molar-refractivity contribution in [3.05, 3.63) is 54.1 Å². The second kappa shape index (κ2) is 5.10. The quantitative estimate of drug-likeness (QED) is 0.712. The van der Waals surface area contributed by atoms with Crippen LogP contribution < -0.4 is 4.74 Å². The Morgan fingerprint density at radius 1 is 1.15 bits per heavy atom. The molecule has 0 bridgehead atoms. The van der Waals surface area contributed by atoms with Gasteiger partial charge in [-0.2, -0.15) is 5.26 Å². The molecular weight excluding hydrogens is 250 g/mol. The summed E-state index contributed by atoms with van der Waals surface area (Å²) in [5.74, 6) is 1.52. The second-order valence-electron chi connectivity index (χ2n) is 4.47. The Kier molecular flexibility index (Phi) is 3.14. The summed E-state index contributed by atoms with van der Waals surface area (Å²) in [6, 6.07) is 17.7. The molecule has 3 heteroatoms. The topological polar surface area (TPSA) is 46.2 Å². The van der Waals surface area contributed by atoms with Crippen molar-refractivity contribution in [3.8, 4) is 23.1 Å². The zero-order valence-electron chi connectivity index (χ0n) is 11.1. The average Bonchev–Trinajstić information content (AvgIpc) is 2.86. The highest BCUT2D eigenvalue weighted by Crippen LogP contribution is 2.35. The van der Waals surface area contributed by atoms with Crippen LogP contribution in [0.15, 0.2) is 52.9 Å². The average molecular weight is 263 g/mol. The lowest BCUT2D eigenvalue weighted by molar-refractivity contribution is 0.415. The molecule has 0 aliphatic rings. The number of nitriles is 1. The van der Waals surface area contributed by atoms with E-state index in [1.807, 2.05) is 48.5 Å². The lowest BCUT2D eigenvalue weighted by Crippen LogP contribution is -1.85. The molecule has 0 N–H and O–H groups in total. The molecule has 3 aromatic rings. The number of hydrogen-bond donors (Lipinski definition) is 0. The Labute approximate surface area is 117 Å². The van der Waals surface area contributed by atoms with Crippen LogP contribution in [0, 0.1) is 11.3 Å². The van der Waals surface area contributed by atoms with E-state index in [-0.39, 0.29) is 0 Å². The molecule has 3 rings (SSSR count). The van der Waals surface area contributed by atoms with Gasteiger partial charge in [-0.15, -0.1) is 0 Å². The number of ether oxygens (including phenoxy) is 1. The maximum Gasteiger partial charge on any atom is 0.139 e. The van der Waals surface area contributed by atoms with Crippen LogP contribution in [0.25, 0.3) is 22.3 Å². The van der Waals surface area contributed by atoms with Gasteiger partial charge < -0.3 is 9.15 Å². The smallest absolute Gasteiger partial charge is 0.139 e. The highest BCUT2D eigenvalue weighted by Gasteiger charge is 2.16. The van der Waals surface area contributed by atoms with Gasteiger partial charge in [0.05, 0.1) is 19.6 Å². The number of fused-ring (bicyclic) bond motifs is 1. The van der Waals surface area contributed by atoms with Gasteiger partial charge in [0.15, 0.2) is 0 Å². The van der Waals surface area contributed by atoms with E-state index in [9.17, 15) is 0 Å². The van der Waals surface area contributed by atoms with Gasteiger partial charge in [0.25, 0.3) is 0 Å². The molecule has 0 spiro atoms. The maximum atomic E-state index is 9.07. The van der Waals surface area contributed by atoms with Crippen molar-refractivity contribution in [3.63, 3.8) is 0 Å². The first kappa shape index (κ1) is 12.3. The normalized spacial score (nSPS) is 10.4. The molecule has 0 unspecified atom stereocenters. The minimum absolute atomic E-state index is 0.310. The van der Waals surface area contributed by atoms with Crippen LogP contribution in [0.3, 0.4) is 0 Å². The third-order valence-corrected chi connectivity index (χ3v) is 3.29. The standard InChI is InChI=1S/C17H13NO2/c1-19-13-7-8-16-15(11-13)14(9-10-18)17(20-16)12-5-3-2-4-6-12/h2-8,11H,9H2,1H3. The van der Waals surface area contributed by atoms with Gasteiger partial charge in [-0.1, -0.05) is 30.3 Å². The lowest BCUT2D eigenvalue weighted by Gasteiger charge is -2.00. The van der Waals surface area contributed by atoms with Crippen LogP contribution in [0.1, 0.15) is 5.56 Å². The van der Waals surface area contributed by atoms with Crippen molar-refractivity contribution in [2.75, 3.05) is 7.11 Å². The predicted molar refractivity (Wildman–Crippen MR) is 77.5 cm³/mol. The molecule has 0 saturated carbocycles. The van der Waals surface area contributed by atoms with E-state index in [1.165, 1.54) is 0 Å². The van der Waals surface area contributed by atoms with Crippen molar-refractivity contribution < 1.29 is 9.15 Å². The Balaban J connectivity index is 2.27. The SMILES string of the molecule is COc1ccc2oc(-c3ccccc3)c(CC#N)c2c1. The number of benzene rings is 2. The van der Waals surface area contributed by atoms with E-state index < -0.39 is 0 Å². The molecule has 2 aromatic carbocycles. The molecule has 20 heavy (non-hydrogen) atoms. The summed E-state index contributed by atoms with van der Waals surface area (Å²) in [7, 11) is 1.63. The second-order valence-corrected chi connectivity index (χ2v) is 4.47. The first-order chi connectivity index (χ1) is 9.83. The van der Waals surface area contributed by atoms with Crippen LogP contribution in [-0.2, 0) is 6.42 Å². The molecular formula is C17H13NO2. The third-order valence-electron chi connectivity index (χ3n) is 3.29. The van der Waals surface area contributed by atoms with Crippen LogP contribution in [-0.4, -0.2) is 7.11 Å². The van der Waals surface area contributed by atoms with Crippen LogP contribution >= 0.6 is 0 Å². The van der Waals surface area contributed by atoms with Gasteiger partial charge in [0.2, 0.25) is 0 Å². The number of methoxy groups -OCH3 is 1. The molecule has 0 aliphatic heterocycles. The van der Waals surface area contributed by atoms with Gasteiger partial charge in [-0.3, -0.25) is 0 Å². The van der Waals surface area contributed by atoms with Gasteiger partial charge in [0, 0.05) is 16.5 Å². The number of hydrogen-bond acceptors (Lipinski definition) is 3. The molecule has 0 radical (unpaired) electrons. The number of nitrogens with zero attached hydrogens (tertiary/aromatic N) is 1. The molecule has 1 aromatic heterocycles. The molecule has 0 fully saturated rings. The summed E-state index contributed by atoms with van der Waals surface area (Å²) in [6.45, 7) is 0. The Hall–Kier alpha value is -2.73. The molecule has 0 saturated heterocycles. The van der Waals surface area contributed by atoms with E-state index in [0.717, 1.165) is 33.6 Å². The van der Waals surface area contributed by atoms with Crippen molar-refractivity contribution in [1.82, 2.24) is 0 Å². The predicted octanol–water partition coefficient (Wildman–Crippen LogP) is 4.17. The third kappa shape index (κ3) is 2.02. The zero-order valence-corrected chi connectivity index (χ0v) is 11.1. The summed E-state index contributed by atoms with van der Waals surface area (Å²) < 4.78 is 11.2. The van der Waals surface area contributed by atoms with E-state index in [0.29, 0.717) is 6.42 Å². The summed E-state index contributed by atoms with van der Waals surface area (Å²) >= 11 is 0. The first-order valence-electron chi connectivity index (χ1n) is 6.35. The Morgan fingerprint density at radius 2 is 1.95 bits per heavy atom. The fourth-order valence-electron chi connectivity index (χ4n) is 2.33. The minimum atomic E-state index is 0.310. The van der Waals surface area contributed by atoms with Crippen molar-refractivity contribution >= 4 is 11.0 Å². The highest BCUT2D eigenvalue weighted by atomic mass is 16.5. The van der Waals surface area contributed by atoms with E-state index in [4.69, 9.17) is 14.4 Å². The summed E-state index contributed by atoms with van der Waals surface area (Å²) in [5, 5.41) is 10.0. The Bertz CT molecular complexity index is 782. The van der Waals surface area contributed by atoms with Crippen molar-refractivity contribution in [2.45, 2.75) is 6.42 Å². The largest absolute Gasteiger partial charge is 0.497 e. The monoisotopic (exact) mass is 263 g/mol. The van der Waals surface area contributed by atoms with E-state index >= 15 is 0 Å². The van der Waals surface area contributed by atoms with Crippen LogP contribution in [0.2, 0.25) is 0 Å². The molecule has 3 nitrogen and oxygen atoms in total. The van der Waals surface area contributed by atoms with Crippen LogP contribution in [0.5, 0.6) is 5.75 Å². The van der Waals surface area contributed by atoms with Gasteiger partial charge in [0.1, 0.15) is 17.1 Å². The molecule has 0 atom stereocenters. The van der Waals surface area contributed by atoms with Crippen molar-refractivity contribution in [2.24, 2.45) is 0 Å². The summed E-state index contributed by atoms with van der Waals surface area (Å²) in [6.07, 6.45) is 0.310. The van der Waals surface area contributed by atoms with Gasteiger partial charge >= 0.3 is 0 Å². The first-order valence-corrected chi connectivity index (χ1v) is 6.35. The van der Waals surface area contributed by atoms with Gasteiger partial charge in [-0.25, -0.2) is 0 Å². The fourth-order valence-corrected chi connectivity index (χ4v) is 2.33. The maximum absolute atomic E-state index is 9.07. The molecule has 0 amide bonds. The summed E-state index contributed by atoms with van der Waals surface area (Å²) in [5.41, 5.74) is 2.66. The fraction of sp³-hybridized carbons (Fsp3) is 0.118. The van der Waals surface area contributed by atoms with Crippen molar-refractivity contribution in [1.29, 1.82) is 5.26 Å². The van der Waals surface area contributed by atoms with E-state index in [1.54, 1.807) is 7.11 Å². The van der Waals surface area contributed by atoms with Crippen LogP contribution in [0.4, 0.5) is 0 Å². The highest BCUT2D eigenvalue weighted by molar-refractivity contribution is 5.89. The molecule has 98 valence electrons. The number of furan rings is 1. The van der Waals surface area contributed by atoms with E-state index in [2.05, 4.69) is 6.07 Å². The zero-order chi connectivity index (χ0) is 13.9. The molecule has 1 heterocycles. The number of rotatable bonds is 3.